The van der Waals surface area contributed by atoms with E-state index in [4.69, 9.17) is 0 Å². The molecule has 0 aliphatic heterocycles. The van der Waals surface area contributed by atoms with Gasteiger partial charge in [0.05, 0.1) is 6.10 Å². The molecule has 2 nitrogen and oxygen atoms in total. The second-order valence-corrected chi connectivity index (χ2v) is 1.54. The van der Waals surface area contributed by atoms with E-state index in [1.165, 1.54) is 7.11 Å². The van der Waals surface area contributed by atoms with Gasteiger partial charge in [0.15, 0.2) is 6.86 Å². The highest BCUT2D eigenvalue weighted by Gasteiger charge is 1.83. The van der Waals surface area contributed by atoms with E-state index in [0.29, 0.717) is 0 Å². The summed E-state index contributed by atoms with van der Waals surface area (Å²) in [4.78, 5) is 3.25. The zero-order valence-corrected chi connectivity index (χ0v) is 5.86. The van der Waals surface area contributed by atoms with Gasteiger partial charge in [0.25, 0.3) is 0 Å². The number of hydrogen-bond donors (Lipinski definition) is 0. The summed E-state index contributed by atoms with van der Waals surface area (Å²) in [5, 5.41) is 0. The van der Waals surface area contributed by atoms with Crippen molar-refractivity contribution in [3.05, 3.63) is 0 Å². The van der Waals surface area contributed by atoms with Crippen molar-refractivity contribution in [2.75, 3.05) is 14.0 Å². The van der Waals surface area contributed by atoms with Crippen LogP contribution in [0.25, 0.3) is 0 Å². The first-order chi connectivity index (χ1) is 4.18. The lowest BCUT2D eigenvalue weighted by atomic mass is 10.5. The molecule has 58 valence electrons. The predicted molar refractivity (Wildman–Crippen MR) is 30.3 cm³/mol. The average molecular weight is 142 g/mol. The van der Waals surface area contributed by atoms with E-state index in [-0.39, 0.29) is 6.10 Å². The van der Waals surface area contributed by atoms with Crippen LogP contribution in [0.15, 0.2) is 0 Å². The third kappa shape index (κ3) is 33.6. The summed E-state index contributed by atoms with van der Waals surface area (Å²) in [6, 6.07) is 0. The molecule has 9 heavy (non-hydrogen) atoms. The molecule has 0 saturated carbocycles. The highest BCUT2D eigenvalue weighted by Crippen LogP contribution is 1.83. The molecule has 0 aromatic rings. The molecule has 0 aliphatic rings. The zero-order valence-electron chi connectivity index (χ0n) is 5.86. The van der Waals surface area contributed by atoms with Crippen LogP contribution in [0.4, 0.5) is 8.92 Å². The fraction of sp³-hybridized carbons (Fsp3) is 1.00. The predicted octanol–water partition coefficient (Wildman–Crippen LogP) is 1.86. The third-order valence-electron chi connectivity index (χ3n) is 0.287. The van der Waals surface area contributed by atoms with Gasteiger partial charge >= 0.3 is 0 Å². The SMILES string of the molecule is CC(C)OF.COCF. The Kier molecular flexibility index (Phi) is 13.8. The van der Waals surface area contributed by atoms with Gasteiger partial charge in [-0.15, -0.1) is 0 Å². The molecule has 0 amide bonds. The molecule has 0 fully saturated rings. The maximum atomic E-state index is 10.6. The number of halogens is 2. The zero-order chi connectivity index (χ0) is 7.70. The lowest BCUT2D eigenvalue weighted by molar-refractivity contribution is -0.165. The molecular weight excluding hydrogens is 130 g/mol. The van der Waals surface area contributed by atoms with Gasteiger partial charge in [0.1, 0.15) is 0 Å². The van der Waals surface area contributed by atoms with E-state index < -0.39 is 6.86 Å². The van der Waals surface area contributed by atoms with Crippen molar-refractivity contribution in [2.45, 2.75) is 20.0 Å². The van der Waals surface area contributed by atoms with E-state index in [0.717, 1.165) is 0 Å². The third-order valence-corrected chi connectivity index (χ3v) is 0.287. The molecule has 0 N–H and O–H groups in total. The van der Waals surface area contributed by atoms with Crippen molar-refractivity contribution in [1.82, 2.24) is 0 Å². The van der Waals surface area contributed by atoms with Crippen LogP contribution in [0, 0.1) is 0 Å². The van der Waals surface area contributed by atoms with Gasteiger partial charge in [-0.05, 0) is 18.4 Å². The van der Waals surface area contributed by atoms with E-state index >= 15 is 0 Å². The molecule has 0 aromatic carbocycles. The van der Waals surface area contributed by atoms with Crippen molar-refractivity contribution >= 4 is 0 Å². The van der Waals surface area contributed by atoms with E-state index in [9.17, 15) is 8.92 Å². The summed E-state index contributed by atoms with van der Waals surface area (Å²) in [6.45, 7) is 2.57. The van der Waals surface area contributed by atoms with Gasteiger partial charge < -0.3 is 4.74 Å². The van der Waals surface area contributed by atoms with Gasteiger partial charge in [-0.25, -0.2) is 4.39 Å². The van der Waals surface area contributed by atoms with Crippen LogP contribution in [0.2, 0.25) is 0 Å². The molecule has 0 spiro atoms. The topological polar surface area (TPSA) is 18.5 Å². The van der Waals surface area contributed by atoms with Crippen LogP contribution in [-0.2, 0) is 9.68 Å². The molecule has 0 bridgehead atoms. The fourth-order valence-corrected chi connectivity index (χ4v) is 0. The van der Waals surface area contributed by atoms with Crippen LogP contribution in [-0.4, -0.2) is 20.1 Å². The minimum Gasteiger partial charge on any atom is -0.354 e. The number of hydrogen-bond acceptors (Lipinski definition) is 2. The molecule has 0 atom stereocenters. The summed E-state index contributed by atoms with van der Waals surface area (Å²) in [5.41, 5.74) is 0. The Bertz CT molecular complexity index is 39.9. The van der Waals surface area contributed by atoms with Crippen LogP contribution in [0.3, 0.4) is 0 Å². The molecule has 0 unspecified atom stereocenters. The monoisotopic (exact) mass is 142 g/mol. The highest BCUT2D eigenvalue weighted by molar-refractivity contribution is 4.24. The first-order valence-corrected chi connectivity index (χ1v) is 2.51. The lowest BCUT2D eigenvalue weighted by Gasteiger charge is -1.87. The van der Waals surface area contributed by atoms with Crippen LogP contribution < -0.4 is 0 Å². The summed E-state index contributed by atoms with van der Waals surface area (Å²) in [7, 11) is 1.31. The standard InChI is InChI=1S/C3H7FO.C2H5FO/c1-3(2)5-4;1-4-2-3/h3H,1-2H3;2H2,1H3. The first-order valence-electron chi connectivity index (χ1n) is 2.51. The van der Waals surface area contributed by atoms with Crippen molar-refractivity contribution in [3.63, 3.8) is 0 Å². The molecular formula is C5H12F2O2. The molecule has 0 radical (unpaired) electrons. The lowest BCUT2D eigenvalue weighted by Crippen LogP contribution is -1.90. The second kappa shape index (κ2) is 10.7. The van der Waals surface area contributed by atoms with E-state index in [2.05, 4.69) is 9.68 Å². The van der Waals surface area contributed by atoms with Crippen LogP contribution in [0.1, 0.15) is 13.8 Å². The van der Waals surface area contributed by atoms with Crippen LogP contribution >= 0.6 is 0 Å². The summed E-state index contributed by atoms with van der Waals surface area (Å²) < 4.78 is 25.0. The molecule has 0 saturated heterocycles. The molecule has 0 aromatic heterocycles. The van der Waals surface area contributed by atoms with Crippen molar-refractivity contribution in [1.29, 1.82) is 0 Å². The Morgan fingerprint density at radius 2 is 1.67 bits per heavy atom. The van der Waals surface area contributed by atoms with Gasteiger partial charge in [0.2, 0.25) is 0 Å². The maximum Gasteiger partial charge on any atom is 0.187 e. The minimum absolute atomic E-state index is 0.282. The minimum atomic E-state index is -0.681. The van der Waals surface area contributed by atoms with Gasteiger partial charge in [0, 0.05) is 7.11 Å². The Hall–Kier alpha value is -0.220. The summed E-state index contributed by atoms with van der Waals surface area (Å²) in [5.74, 6) is 0. The van der Waals surface area contributed by atoms with Gasteiger partial charge in [-0.2, -0.15) is 4.94 Å². The van der Waals surface area contributed by atoms with E-state index in [1.54, 1.807) is 13.8 Å². The Morgan fingerprint density at radius 3 is 1.67 bits per heavy atom. The van der Waals surface area contributed by atoms with Crippen molar-refractivity contribution < 1.29 is 18.6 Å². The fourth-order valence-electron chi connectivity index (χ4n) is 0. The molecule has 4 heteroatoms. The van der Waals surface area contributed by atoms with E-state index in [1.807, 2.05) is 0 Å². The number of rotatable bonds is 2. The second-order valence-electron chi connectivity index (χ2n) is 1.54. The molecule has 0 heterocycles. The normalized spacial score (nSPS) is 8.67. The maximum absolute atomic E-state index is 10.6. The van der Waals surface area contributed by atoms with Crippen molar-refractivity contribution in [3.8, 4) is 0 Å². The number of alkyl halides is 1. The first kappa shape index (κ1) is 11.6. The summed E-state index contributed by atoms with van der Waals surface area (Å²) >= 11 is 0. The molecule has 0 rings (SSSR count). The molecule has 0 aliphatic carbocycles. The Labute approximate surface area is 53.7 Å². The van der Waals surface area contributed by atoms with Gasteiger partial charge in [-0.1, -0.05) is 0 Å². The summed E-state index contributed by atoms with van der Waals surface area (Å²) in [6.07, 6.45) is -0.282. The van der Waals surface area contributed by atoms with Crippen LogP contribution in [0.5, 0.6) is 0 Å². The largest absolute Gasteiger partial charge is 0.354 e. The highest BCUT2D eigenvalue weighted by atomic mass is 19.3. The Balaban J connectivity index is 0. The number of methoxy groups -OCH3 is 1. The number of ether oxygens (including phenoxy) is 1. The quantitative estimate of drug-likeness (QED) is 0.585. The Morgan fingerprint density at radius 1 is 1.44 bits per heavy atom. The van der Waals surface area contributed by atoms with Crippen molar-refractivity contribution in [2.24, 2.45) is 0 Å². The van der Waals surface area contributed by atoms with Gasteiger partial charge in [-0.3, -0.25) is 0 Å². The average Bonchev–Trinajstić information content (AvgIpc) is 1.89. The smallest absolute Gasteiger partial charge is 0.187 e.